The maximum absolute atomic E-state index is 13.1. The second-order valence-electron chi connectivity index (χ2n) is 6.40. The van der Waals surface area contributed by atoms with Crippen molar-refractivity contribution >= 4 is 27.5 Å². The molecule has 1 aliphatic heterocycles. The van der Waals surface area contributed by atoms with Gasteiger partial charge in [0.1, 0.15) is 0 Å². The van der Waals surface area contributed by atoms with E-state index in [4.69, 9.17) is 9.47 Å². The number of aromatic nitrogens is 3. The maximum Gasteiger partial charge on any atom is 0.274 e. The summed E-state index contributed by atoms with van der Waals surface area (Å²) in [6.45, 7) is 2.61. The first kappa shape index (κ1) is 17.8. The van der Waals surface area contributed by atoms with Crippen molar-refractivity contribution in [3.63, 3.8) is 0 Å². The monoisotopic (exact) mass is 430 g/mol. The lowest BCUT2D eigenvalue weighted by atomic mass is 9.92. The Morgan fingerprint density at radius 1 is 1.30 bits per heavy atom. The molecule has 1 aliphatic rings. The molecule has 0 spiro atoms. The summed E-state index contributed by atoms with van der Waals surface area (Å²) in [5.41, 5.74) is 3.18. The van der Waals surface area contributed by atoms with Crippen molar-refractivity contribution in [1.82, 2.24) is 19.5 Å². The Labute approximate surface area is 165 Å². The van der Waals surface area contributed by atoms with Crippen molar-refractivity contribution in [1.29, 1.82) is 0 Å². The van der Waals surface area contributed by atoms with Gasteiger partial charge in [-0.05, 0) is 40.9 Å². The molecule has 140 valence electrons. The van der Waals surface area contributed by atoms with Crippen LogP contribution in [0.4, 0.5) is 0 Å². The molecule has 1 unspecified atom stereocenters. The van der Waals surface area contributed by atoms with Crippen molar-refractivity contribution in [2.45, 2.75) is 19.4 Å². The molecule has 0 N–H and O–H groups in total. The minimum atomic E-state index is -0.107. The largest absolute Gasteiger partial charge is 0.493 e. The number of carbonyl (C=O) groups excluding carboxylic acids is 1. The summed E-state index contributed by atoms with van der Waals surface area (Å²) in [7, 11) is 3.27. The standard InChI is InChI=1S/C19H19BrN4O3/c1-11-13-4-5-16(26-2)18(27-3)14(13)6-7-23(11)19(25)15-8-17-21-9-12(20)10-24(17)22-15/h4-5,8-11H,6-7H2,1-3H3. The van der Waals surface area contributed by atoms with E-state index in [0.29, 0.717) is 30.1 Å². The first-order valence-corrected chi connectivity index (χ1v) is 9.38. The molecular formula is C19H19BrN4O3. The fourth-order valence-corrected chi connectivity index (χ4v) is 3.93. The zero-order valence-electron chi connectivity index (χ0n) is 15.3. The third kappa shape index (κ3) is 2.93. The molecule has 1 aromatic carbocycles. The van der Waals surface area contributed by atoms with Crippen LogP contribution in [0.2, 0.25) is 0 Å². The van der Waals surface area contributed by atoms with Crippen LogP contribution in [0.1, 0.15) is 34.6 Å². The number of hydrogen-bond donors (Lipinski definition) is 0. The zero-order valence-corrected chi connectivity index (χ0v) is 16.9. The van der Waals surface area contributed by atoms with E-state index in [1.165, 1.54) is 0 Å². The van der Waals surface area contributed by atoms with Crippen LogP contribution < -0.4 is 9.47 Å². The average molecular weight is 431 g/mol. The molecule has 27 heavy (non-hydrogen) atoms. The van der Waals surface area contributed by atoms with E-state index in [1.807, 2.05) is 24.0 Å². The number of hydrogen-bond acceptors (Lipinski definition) is 5. The van der Waals surface area contributed by atoms with E-state index in [2.05, 4.69) is 26.0 Å². The summed E-state index contributed by atoms with van der Waals surface area (Å²) in [4.78, 5) is 19.2. The molecule has 8 heteroatoms. The topological polar surface area (TPSA) is 69.0 Å². The Morgan fingerprint density at radius 3 is 2.85 bits per heavy atom. The average Bonchev–Trinajstić information content (AvgIpc) is 3.10. The lowest BCUT2D eigenvalue weighted by molar-refractivity contribution is 0.0670. The van der Waals surface area contributed by atoms with Gasteiger partial charge in [0.15, 0.2) is 22.8 Å². The van der Waals surface area contributed by atoms with Crippen molar-refractivity contribution in [3.05, 3.63) is 51.9 Å². The number of fused-ring (bicyclic) bond motifs is 2. The lowest BCUT2D eigenvalue weighted by Crippen LogP contribution is -2.39. The Balaban J connectivity index is 1.68. The van der Waals surface area contributed by atoms with Gasteiger partial charge < -0.3 is 14.4 Å². The van der Waals surface area contributed by atoms with Crippen LogP contribution >= 0.6 is 15.9 Å². The van der Waals surface area contributed by atoms with Crippen molar-refractivity contribution in [2.24, 2.45) is 0 Å². The third-order valence-electron chi connectivity index (χ3n) is 4.97. The van der Waals surface area contributed by atoms with Gasteiger partial charge in [0.25, 0.3) is 5.91 Å². The number of nitrogens with zero attached hydrogens (tertiary/aromatic N) is 4. The van der Waals surface area contributed by atoms with Gasteiger partial charge in [-0.1, -0.05) is 6.07 Å². The first-order valence-electron chi connectivity index (χ1n) is 8.59. The summed E-state index contributed by atoms with van der Waals surface area (Å²) in [5, 5.41) is 4.39. The molecule has 3 heterocycles. The second-order valence-corrected chi connectivity index (χ2v) is 7.31. The summed E-state index contributed by atoms with van der Waals surface area (Å²) in [5.74, 6) is 1.35. The summed E-state index contributed by atoms with van der Waals surface area (Å²) in [6.07, 6.45) is 4.17. The summed E-state index contributed by atoms with van der Waals surface area (Å²) >= 11 is 3.37. The molecule has 0 radical (unpaired) electrons. The smallest absolute Gasteiger partial charge is 0.274 e. The van der Waals surface area contributed by atoms with E-state index in [1.54, 1.807) is 37.2 Å². The molecule has 0 saturated heterocycles. The van der Waals surface area contributed by atoms with E-state index >= 15 is 0 Å². The number of ether oxygens (including phenoxy) is 2. The fourth-order valence-electron chi connectivity index (χ4n) is 3.63. The van der Waals surface area contributed by atoms with Gasteiger partial charge in [-0.15, -0.1) is 0 Å². The van der Waals surface area contributed by atoms with Gasteiger partial charge in [0, 0.05) is 30.6 Å². The Morgan fingerprint density at radius 2 is 2.11 bits per heavy atom. The van der Waals surface area contributed by atoms with Crippen molar-refractivity contribution in [3.8, 4) is 11.5 Å². The van der Waals surface area contributed by atoms with Gasteiger partial charge in [-0.25, -0.2) is 9.50 Å². The fraction of sp³-hybridized carbons (Fsp3) is 0.316. The number of benzene rings is 1. The van der Waals surface area contributed by atoms with E-state index in [-0.39, 0.29) is 11.9 Å². The molecule has 0 saturated carbocycles. The van der Waals surface area contributed by atoms with Crippen molar-refractivity contribution < 1.29 is 14.3 Å². The molecular weight excluding hydrogens is 412 g/mol. The van der Waals surface area contributed by atoms with Crippen LogP contribution in [0.25, 0.3) is 5.65 Å². The van der Waals surface area contributed by atoms with Gasteiger partial charge in [-0.3, -0.25) is 4.79 Å². The van der Waals surface area contributed by atoms with E-state index in [0.717, 1.165) is 21.3 Å². The van der Waals surface area contributed by atoms with E-state index < -0.39 is 0 Å². The van der Waals surface area contributed by atoms with Crippen LogP contribution in [0.5, 0.6) is 11.5 Å². The molecule has 0 aliphatic carbocycles. The molecule has 7 nitrogen and oxygen atoms in total. The minimum Gasteiger partial charge on any atom is -0.493 e. The molecule has 1 atom stereocenters. The quantitative estimate of drug-likeness (QED) is 0.637. The molecule has 3 aromatic rings. The van der Waals surface area contributed by atoms with Crippen LogP contribution in [-0.4, -0.2) is 46.2 Å². The SMILES string of the molecule is COc1ccc2c(c1OC)CCN(C(=O)c1cc3ncc(Br)cn3n1)C2C. The molecule has 0 fully saturated rings. The number of halogens is 1. The van der Waals surface area contributed by atoms with Crippen molar-refractivity contribution in [2.75, 3.05) is 20.8 Å². The third-order valence-corrected chi connectivity index (χ3v) is 5.38. The zero-order chi connectivity index (χ0) is 19.1. The first-order chi connectivity index (χ1) is 13.0. The number of carbonyl (C=O) groups is 1. The minimum absolute atomic E-state index is 0.0921. The predicted molar refractivity (Wildman–Crippen MR) is 103 cm³/mol. The molecule has 4 rings (SSSR count). The molecule has 2 aromatic heterocycles. The predicted octanol–water partition coefficient (Wildman–Crippen LogP) is 3.27. The number of methoxy groups -OCH3 is 2. The van der Waals surface area contributed by atoms with Gasteiger partial charge in [0.05, 0.1) is 24.7 Å². The number of amides is 1. The number of rotatable bonds is 3. The second kappa shape index (κ2) is 6.84. The summed E-state index contributed by atoms with van der Waals surface area (Å²) < 4.78 is 13.4. The Hall–Kier alpha value is -2.61. The van der Waals surface area contributed by atoms with Gasteiger partial charge in [-0.2, -0.15) is 5.10 Å². The highest BCUT2D eigenvalue weighted by Gasteiger charge is 2.32. The normalized spacial score (nSPS) is 16.3. The highest BCUT2D eigenvalue weighted by Crippen LogP contribution is 2.40. The van der Waals surface area contributed by atoms with Gasteiger partial charge >= 0.3 is 0 Å². The molecule has 0 bridgehead atoms. The maximum atomic E-state index is 13.1. The van der Waals surface area contributed by atoms with Crippen LogP contribution in [0.3, 0.4) is 0 Å². The van der Waals surface area contributed by atoms with Crippen LogP contribution in [-0.2, 0) is 6.42 Å². The molecule has 1 amide bonds. The van der Waals surface area contributed by atoms with E-state index in [9.17, 15) is 4.79 Å². The Bertz CT molecular complexity index is 1030. The highest BCUT2D eigenvalue weighted by molar-refractivity contribution is 9.10. The highest BCUT2D eigenvalue weighted by atomic mass is 79.9. The Kier molecular flexibility index (Phi) is 4.51. The summed E-state index contributed by atoms with van der Waals surface area (Å²) in [6, 6.07) is 5.51. The van der Waals surface area contributed by atoms with Crippen LogP contribution in [0, 0.1) is 0 Å². The van der Waals surface area contributed by atoms with Gasteiger partial charge in [0.2, 0.25) is 0 Å². The van der Waals surface area contributed by atoms with Crippen LogP contribution in [0.15, 0.2) is 35.1 Å². The lowest BCUT2D eigenvalue weighted by Gasteiger charge is -2.35.